The van der Waals surface area contributed by atoms with Gasteiger partial charge in [-0.15, -0.1) is 0 Å². The minimum atomic E-state index is -2.36. The lowest BCUT2D eigenvalue weighted by Gasteiger charge is -2.35. The Hall–Kier alpha value is -0.820. The summed E-state index contributed by atoms with van der Waals surface area (Å²) in [6, 6.07) is 2.06. The molecule has 1 atom stereocenters. The highest BCUT2D eigenvalue weighted by atomic mass is 32.2. The van der Waals surface area contributed by atoms with Crippen LogP contribution in [0.3, 0.4) is 0 Å². The van der Waals surface area contributed by atoms with E-state index in [0.717, 1.165) is 5.57 Å². The quantitative estimate of drug-likeness (QED) is 0.741. The molecule has 0 amide bonds. The van der Waals surface area contributed by atoms with Crippen LogP contribution < -0.4 is 0 Å². The SMILES string of the molecule is CC(C)C1(SC(F)F)C=CC(CC#N)=CC1. The van der Waals surface area contributed by atoms with Crippen molar-refractivity contribution in [2.24, 2.45) is 5.92 Å². The average molecular weight is 243 g/mol. The summed E-state index contributed by atoms with van der Waals surface area (Å²) < 4.78 is 24.5. The van der Waals surface area contributed by atoms with Gasteiger partial charge in [0.05, 0.1) is 12.5 Å². The van der Waals surface area contributed by atoms with Crippen molar-refractivity contribution in [1.29, 1.82) is 5.26 Å². The molecule has 0 radical (unpaired) electrons. The van der Waals surface area contributed by atoms with Crippen molar-refractivity contribution in [3.05, 3.63) is 23.8 Å². The fraction of sp³-hybridized carbons (Fsp3) is 0.583. The summed E-state index contributed by atoms with van der Waals surface area (Å²) in [5, 5.41) is 8.55. The molecule has 1 nitrogen and oxygen atoms in total. The van der Waals surface area contributed by atoms with Gasteiger partial charge in [-0.05, 0) is 17.9 Å². The van der Waals surface area contributed by atoms with Gasteiger partial charge in [0.15, 0.2) is 0 Å². The summed E-state index contributed by atoms with van der Waals surface area (Å²) >= 11 is 0.703. The number of hydrogen-bond acceptors (Lipinski definition) is 2. The largest absolute Gasteiger partial charge is 0.285 e. The van der Waals surface area contributed by atoms with Crippen LogP contribution in [-0.2, 0) is 0 Å². The van der Waals surface area contributed by atoms with Crippen LogP contribution in [0.25, 0.3) is 0 Å². The maximum Gasteiger partial charge on any atom is 0.285 e. The molecule has 1 unspecified atom stereocenters. The Balaban J connectivity index is 2.80. The highest BCUT2D eigenvalue weighted by Gasteiger charge is 2.35. The van der Waals surface area contributed by atoms with Gasteiger partial charge >= 0.3 is 0 Å². The predicted molar refractivity (Wildman–Crippen MR) is 63.2 cm³/mol. The predicted octanol–water partition coefficient (Wildman–Crippen LogP) is 4.14. The second-order valence-corrected chi connectivity index (χ2v) is 5.49. The molecule has 0 heterocycles. The van der Waals surface area contributed by atoms with E-state index in [-0.39, 0.29) is 5.92 Å². The van der Waals surface area contributed by atoms with E-state index >= 15 is 0 Å². The van der Waals surface area contributed by atoms with Crippen molar-refractivity contribution in [3.8, 4) is 6.07 Å². The Morgan fingerprint density at radius 1 is 1.56 bits per heavy atom. The Labute approximate surface area is 99.2 Å². The Bertz CT molecular complexity index is 341. The van der Waals surface area contributed by atoms with Crippen LogP contribution in [0.4, 0.5) is 8.78 Å². The molecule has 4 heteroatoms. The first-order valence-corrected chi connectivity index (χ1v) is 6.09. The molecule has 88 valence electrons. The van der Waals surface area contributed by atoms with Crippen LogP contribution in [0.5, 0.6) is 0 Å². The van der Waals surface area contributed by atoms with Crippen molar-refractivity contribution in [2.75, 3.05) is 0 Å². The van der Waals surface area contributed by atoms with Gasteiger partial charge in [-0.2, -0.15) is 14.0 Å². The van der Waals surface area contributed by atoms with E-state index in [9.17, 15) is 8.78 Å². The summed E-state index contributed by atoms with van der Waals surface area (Å²) in [4.78, 5) is 0. The minimum absolute atomic E-state index is 0.141. The van der Waals surface area contributed by atoms with Crippen molar-refractivity contribution in [2.45, 2.75) is 37.2 Å². The molecule has 0 aromatic carbocycles. The Morgan fingerprint density at radius 3 is 2.62 bits per heavy atom. The molecule has 1 aliphatic rings. The molecule has 1 aliphatic carbocycles. The zero-order valence-corrected chi connectivity index (χ0v) is 10.2. The van der Waals surface area contributed by atoms with Crippen LogP contribution >= 0.6 is 11.8 Å². The maximum absolute atomic E-state index is 12.5. The number of nitriles is 1. The van der Waals surface area contributed by atoms with E-state index in [1.165, 1.54) is 0 Å². The van der Waals surface area contributed by atoms with Crippen LogP contribution in [-0.4, -0.2) is 10.5 Å². The summed E-state index contributed by atoms with van der Waals surface area (Å²) in [5.41, 5.74) is 0.925. The zero-order valence-electron chi connectivity index (χ0n) is 9.41. The van der Waals surface area contributed by atoms with Gasteiger partial charge in [0.1, 0.15) is 0 Å². The van der Waals surface area contributed by atoms with E-state index in [1.807, 2.05) is 32.1 Å². The average Bonchev–Trinajstić information content (AvgIpc) is 2.20. The van der Waals surface area contributed by atoms with Gasteiger partial charge in [0.25, 0.3) is 5.76 Å². The lowest BCUT2D eigenvalue weighted by atomic mass is 9.86. The van der Waals surface area contributed by atoms with Gasteiger partial charge in [-0.25, -0.2) is 0 Å². The second-order valence-electron chi connectivity index (χ2n) is 4.14. The van der Waals surface area contributed by atoms with E-state index < -0.39 is 10.5 Å². The number of rotatable bonds is 4. The van der Waals surface area contributed by atoms with Gasteiger partial charge in [-0.1, -0.05) is 43.8 Å². The number of allylic oxidation sites excluding steroid dienone is 3. The number of hydrogen-bond donors (Lipinski definition) is 0. The first kappa shape index (κ1) is 13.2. The van der Waals surface area contributed by atoms with Crippen molar-refractivity contribution < 1.29 is 8.78 Å². The Morgan fingerprint density at radius 2 is 2.25 bits per heavy atom. The molecule has 0 aliphatic heterocycles. The second kappa shape index (κ2) is 5.49. The van der Waals surface area contributed by atoms with Gasteiger partial charge in [0, 0.05) is 4.75 Å². The highest BCUT2D eigenvalue weighted by Crippen LogP contribution is 2.44. The zero-order chi connectivity index (χ0) is 12.2. The summed E-state index contributed by atoms with van der Waals surface area (Å²) in [6.45, 7) is 3.89. The maximum atomic E-state index is 12.5. The first-order valence-electron chi connectivity index (χ1n) is 5.21. The molecule has 0 spiro atoms. The highest BCUT2D eigenvalue weighted by molar-refractivity contribution is 8.01. The van der Waals surface area contributed by atoms with Crippen LogP contribution in [0.2, 0.25) is 0 Å². The third-order valence-electron chi connectivity index (χ3n) is 2.83. The fourth-order valence-electron chi connectivity index (χ4n) is 1.71. The molecule has 0 saturated carbocycles. The van der Waals surface area contributed by atoms with Gasteiger partial charge in [0.2, 0.25) is 0 Å². The molecule has 0 saturated heterocycles. The van der Waals surface area contributed by atoms with Gasteiger partial charge in [-0.3, -0.25) is 0 Å². The van der Waals surface area contributed by atoms with Crippen LogP contribution in [0, 0.1) is 17.2 Å². The molecule has 16 heavy (non-hydrogen) atoms. The van der Waals surface area contributed by atoms with E-state index in [1.54, 1.807) is 0 Å². The summed E-state index contributed by atoms with van der Waals surface area (Å²) in [5.74, 6) is -2.22. The molecular formula is C12H15F2NS. The number of halogens is 2. The summed E-state index contributed by atoms with van der Waals surface area (Å²) in [7, 11) is 0. The van der Waals surface area contributed by atoms with Crippen molar-refractivity contribution >= 4 is 11.8 Å². The van der Waals surface area contributed by atoms with Crippen LogP contribution in [0.1, 0.15) is 26.7 Å². The Kier molecular flexibility index (Phi) is 4.55. The standard InChI is InChI=1S/C12H15F2NS/c1-9(2)12(16-11(13)14)6-3-10(4-7-12)5-8-15/h3-4,6,9,11H,5,7H2,1-2H3. The third-order valence-corrected chi connectivity index (χ3v) is 4.22. The number of thioether (sulfide) groups is 1. The first-order chi connectivity index (χ1) is 7.50. The molecule has 0 fully saturated rings. The molecule has 0 aromatic heterocycles. The number of nitrogens with zero attached hydrogens (tertiary/aromatic N) is 1. The van der Waals surface area contributed by atoms with E-state index in [0.29, 0.717) is 24.6 Å². The third kappa shape index (κ3) is 3.08. The molecular weight excluding hydrogens is 228 g/mol. The lowest BCUT2D eigenvalue weighted by molar-refractivity contribution is 0.248. The van der Waals surface area contributed by atoms with Crippen molar-refractivity contribution in [1.82, 2.24) is 0 Å². The van der Waals surface area contributed by atoms with Crippen molar-refractivity contribution in [3.63, 3.8) is 0 Å². The normalized spacial score (nSPS) is 24.7. The molecule has 0 aromatic rings. The number of alkyl halides is 2. The van der Waals surface area contributed by atoms with Crippen LogP contribution in [0.15, 0.2) is 23.8 Å². The lowest BCUT2D eigenvalue weighted by Crippen LogP contribution is -2.31. The molecule has 0 N–H and O–H groups in total. The van der Waals surface area contributed by atoms with E-state index in [4.69, 9.17) is 5.26 Å². The smallest absolute Gasteiger partial charge is 0.198 e. The monoisotopic (exact) mass is 243 g/mol. The topological polar surface area (TPSA) is 23.8 Å². The summed E-state index contributed by atoms with van der Waals surface area (Å²) in [6.07, 6.45) is 6.47. The molecule has 0 bridgehead atoms. The molecule has 1 rings (SSSR count). The van der Waals surface area contributed by atoms with E-state index in [2.05, 4.69) is 6.07 Å². The minimum Gasteiger partial charge on any atom is -0.198 e. The van der Waals surface area contributed by atoms with Gasteiger partial charge < -0.3 is 0 Å². The fourth-order valence-corrected chi connectivity index (χ4v) is 2.64.